The first-order valence-corrected chi connectivity index (χ1v) is 9.72. The fourth-order valence-corrected chi connectivity index (χ4v) is 3.65. The maximum Gasteiger partial charge on any atom is 0.177 e. The molecule has 0 saturated carbocycles. The van der Waals surface area contributed by atoms with Gasteiger partial charge in [0.15, 0.2) is 10.8 Å². The number of nitrogens with one attached hydrogen (secondary N) is 2. The molecule has 4 aromatic heterocycles. The van der Waals surface area contributed by atoms with E-state index < -0.39 is 0 Å². The highest BCUT2D eigenvalue weighted by atomic mass is 35.5. The van der Waals surface area contributed by atoms with Crippen LogP contribution in [0.3, 0.4) is 0 Å². The van der Waals surface area contributed by atoms with Gasteiger partial charge in [0.2, 0.25) is 0 Å². The van der Waals surface area contributed by atoms with Gasteiger partial charge in [0.25, 0.3) is 0 Å². The summed E-state index contributed by atoms with van der Waals surface area (Å²) in [4.78, 5) is 12.3. The Morgan fingerprint density at radius 3 is 2.72 bits per heavy atom. The molecule has 146 valence electrons. The highest BCUT2D eigenvalue weighted by Crippen LogP contribution is 2.28. The second kappa shape index (κ2) is 6.91. The molecule has 29 heavy (non-hydrogen) atoms. The van der Waals surface area contributed by atoms with Crippen LogP contribution in [0.15, 0.2) is 36.8 Å². The monoisotopic (exact) mass is 446 g/mol. The van der Waals surface area contributed by atoms with Crippen molar-refractivity contribution < 1.29 is 0 Å². The Balaban J connectivity index is 1.48. The van der Waals surface area contributed by atoms with Crippen molar-refractivity contribution in [3.05, 3.63) is 57.8 Å². The molecule has 0 saturated heterocycles. The first-order valence-electron chi connectivity index (χ1n) is 8.59. The summed E-state index contributed by atoms with van der Waals surface area (Å²) in [7, 11) is 1.85. The van der Waals surface area contributed by atoms with Crippen LogP contribution in [0.4, 0.5) is 5.69 Å². The summed E-state index contributed by atoms with van der Waals surface area (Å²) in [6.07, 6.45) is 5.39. The third-order valence-corrected chi connectivity index (χ3v) is 5.36. The topological polar surface area (TPSA) is 88.7 Å². The smallest absolute Gasteiger partial charge is 0.177 e. The average molecular weight is 448 g/mol. The van der Waals surface area contributed by atoms with Crippen LogP contribution in [0.5, 0.6) is 0 Å². The number of hydrogen-bond donors (Lipinski definition) is 2. The molecule has 0 radical (unpaired) electrons. The standard InChI is InChI=1S/C18H13Cl3N8/c1-28-8-9(5-24-28)15-6-23-18-14(4-16(21)27-29(15)18)22-7-17-25-12-2-10(19)11(20)3-13(12)26-17/h2-6,8,22H,7H2,1H3,(H,25,26). The summed E-state index contributed by atoms with van der Waals surface area (Å²) in [5.41, 5.74) is 4.63. The quantitative estimate of drug-likeness (QED) is 0.421. The lowest BCUT2D eigenvalue weighted by atomic mass is 10.3. The molecule has 0 atom stereocenters. The molecule has 5 aromatic rings. The molecule has 1 aromatic carbocycles. The van der Waals surface area contributed by atoms with Crippen LogP contribution in [0.1, 0.15) is 5.82 Å². The number of benzene rings is 1. The van der Waals surface area contributed by atoms with E-state index in [1.54, 1.807) is 39.8 Å². The third-order valence-electron chi connectivity index (χ3n) is 4.46. The Hall–Kier alpha value is -2.81. The predicted octanol–water partition coefficient (Wildman–Crippen LogP) is 4.58. The minimum atomic E-state index is 0.339. The molecule has 0 amide bonds. The number of rotatable bonds is 4. The number of hydrogen-bond acceptors (Lipinski definition) is 5. The number of aromatic nitrogens is 7. The van der Waals surface area contributed by atoms with Crippen molar-refractivity contribution >= 4 is 57.2 Å². The van der Waals surface area contributed by atoms with Gasteiger partial charge in [-0.15, -0.1) is 0 Å². The van der Waals surface area contributed by atoms with Gasteiger partial charge in [-0.25, -0.2) is 14.5 Å². The summed E-state index contributed by atoms with van der Waals surface area (Å²) in [5, 5.41) is 13.2. The van der Waals surface area contributed by atoms with Gasteiger partial charge in [0.1, 0.15) is 5.82 Å². The minimum Gasteiger partial charge on any atom is -0.375 e. The van der Waals surface area contributed by atoms with Crippen LogP contribution in [-0.2, 0) is 13.6 Å². The molecule has 0 fully saturated rings. The summed E-state index contributed by atoms with van der Waals surface area (Å²) in [6.45, 7) is 0.426. The Morgan fingerprint density at radius 1 is 1.10 bits per heavy atom. The zero-order chi connectivity index (χ0) is 20.1. The van der Waals surface area contributed by atoms with E-state index in [1.165, 1.54) is 0 Å². The molecule has 0 unspecified atom stereocenters. The Morgan fingerprint density at radius 2 is 1.93 bits per heavy atom. The van der Waals surface area contributed by atoms with Gasteiger partial charge in [-0.05, 0) is 12.1 Å². The lowest BCUT2D eigenvalue weighted by molar-refractivity contribution is 0.768. The Kier molecular flexibility index (Phi) is 4.34. The van der Waals surface area contributed by atoms with Crippen molar-refractivity contribution in [2.75, 3.05) is 5.32 Å². The number of halogens is 3. The van der Waals surface area contributed by atoms with Crippen LogP contribution >= 0.6 is 34.8 Å². The lowest BCUT2D eigenvalue weighted by Gasteiger charge is -2.07. The van der Waals surface area contributed by atoms with Crippen LogP contribution in [0.25, 0.3) is 27.9 Å². The highest BCUT2D eigenvalue weighted by Gasteiger charge is 2.14. The first-order chi connectivity index (χ1) is 14.0. The highest BCUT2D eigenvalue weighted by molar-refractivity contribution is 6.42. The maximum absolute atomic E-state index is 6.25. The minimum absolute atomic E-state index is 0.339. The summed E-state index contributed by atoms with van der Waals surface area (Å²) < 4.78 is 3.42. The normalized spacial score (nSPS) is 11.6. The van der Waals surface area contributed by atoms with Crippen molar-refractivity contribution in [2.45, 2.75) is 6.54 Å². The average Bonchev–Trinajstić information content (AvgIpc) is 3.38. The number of aryl methyl sites for hydroxylation is 1. The second-order valence-corrected chi connectivity index (χ2v) is 7.68. The van der Waals surface area contributed by atoms with Crippen LogP contribution in [-0.4, -0.2) is 34.3 Å². The molecule has 0 aliphatic rings. The van der Waals surface area contributed by atoms with Crippen LogP contribution in [0, 0.1) is 0 Å². The number of H-pyrrole nitrogens is 1. The first kappa shape index (κ1) is 18.2. The van der Waals surface area contributed by atoms with Gasteiger partial charge in [0, 0.05) is 24.9 Å². The van der Waals surface area contributed by atoms with E-state index in [2.05, 4.69) is 30.5 Å². The zero-order valence-electron chi connectivity index (χ0n) is 15.0. The molecule has 4 heterocycles. The largest absolute Gasteiger partial charge is 0.375 e. The van der Waals surface area contributed by atoms with Crippen molar-refractivity contribution in [3.63, 3.8) is 0 Å². The van der Waals surface area contributed by atoms with Gasteiger partial charge >= 0.3 is 0 Å². The summed E-state index contributed by atoms with van der Waals surface area (Å²) >= 11 is 18.4. The van der Waals surface area contributed by atoms with Crippen molar-refractivity contribution in [1.82, 2.24) is 34.3 Å². The van der Waals surface area contributed by atoms with E-state index in [-0.39, 0.29) is 0 Å². The van der Waals surface area contributed by atoms with E-state index in [0.29, 0.717) is 27.4 Å². The molecule has 0 aliphatic carbocycles. The molecule has 0 bridgehead atoms. The van der Waals surface area contributed by atoms with Gasteiger partial charge < -0.3 is 10.3 Å². The number of anilines is 1. The maximum atomic E-state index is 6.25. The van der Waals surface area contributed by atoms with E-state index in [9.17, 15) is 0 Å². The van der Waals surface area contributed by atoms with Crippen LogP contribution in [0.2, 0.25) is 15.2 Å². The SMILES string of the molecule is Cn1cc(-c2cnc3c(NCc4nc5cc(Cl)c(Cl)cc5[nH]4)cc(Cl)nn23)cn1. The molecule has 0 aliphatic heterocycles. The van der Waals surface area contributed by atoms with E-state index in [1.807, 2.05) is 13.2 Å². The van der Waals surface area contributed by atoms with Gasteiger partial charge in [-0.1, -0.05) is 34.8 Å². The van der Waals surface area contributed by atoms with Crippen molar-refractivity contribution in [3.8, 4) is 11.3 Å². The van der Waals surface area contributed by atoms with E-state index in [4.69, 9.17) is 34.8 Å². The van der Waals surface area contributed by atoms with E-state index in [0.717, 1.165) is 33.8 Å². The van der Waals surface area contributed by atoms with Gasteiger partial charge in [0.05, 0.1) is 51.4 Å². The Labute approximate surface area is 179 Å². The Bertz CT molecular complexity index is 1330. The molecule has 0 spiro atoms. The van der Waals surface area contributed by atoms with E-state index >= 15 is 0 Å². The summed E-state index contributed by atoms with van der Waals surface area (Å²) in [6, 6.07) is 5.22. The van der Waals surface area contributed by atoms with Gasteiger partial charge in [-0.3, -0.25) is 4.68 Å². The zero-order valence-corrected chi connectivity index (χ0v) is 17.3. The molecule has 11 heteroatoms. The van der Waals surface area contributed by atoms with Crippen molar-refractivity contribution in [2.24, 2.45) is 7.05 Å². The summed E-state index contributed by atoms with van der Waals surface area (Å²) in [5.74, 6) is 0.725. The third kappa shape index (κ3) is 3.29. The fraction of sp³-hybridized carbons (Fsp3) is 0.111. The van der Waals surface area contributed by atoms with Crippen molar-refractivity contribution in [1.29, 1.82) is 0 Å². The molecule has 2 N–H and O–H groups in total. The van der Waals surface area contributed by atoms with Crippen LogP contribution < -0.4 is 5.32 Å². The lowest BCUT2D eigenvalue weighted by Crippen LogP contribution is -2.05. The predicted molar refractivity (Wildman–Crippen MR) is 114 cm³/mol. The number of aromatic amines is 1. The fourth-order valence-electron chi connectivity index (χ4n) is 3.14. The number of imidazole rings is 2. The molecular formula is C18H13Cl3N8. The molecule has 5 rings (SSSR count). The number of fused-ring (bicyclic) bond motifs is 2. The van der Waals surface area contributed by atoms with Gasteiger partial charge in [-0.2, -0.15) is 10.2 Å². The number of nitrogens with zero attached hydrogens (tertiary/aromatic N) is 6. The molecule has 8 nitrogen and oxygen atoms in total. The molecular weight excluding hydrogens is 435 g/mol. The second-order valence-electron chi connectivity index (χ2n) is 6.48.